The van der Waals surface area contributed by atoms with Gasteiger partial charge in [-0.25, -0.2) is 8.42 Å². The van der Waals surface area contributed by atoms with Gasteiger partial charge in [-0.3, -0.25) is 4.79 Å². The lowest BCUT2D eigenvalue weighted by atomic mass is 10.0. The van der Waals surface area contributed by atoms with Crippen molar-refractivity contribution >= 4 is 16.0 Å². The number of ether oxygens (including phenoxy) is 3. The Morgan fingerprint density at radius 1 is 1.23 bits per heavy atom. The van der Waals surface area contributed by atoms with Crippen LogP contribution in [-0.2, 0) is 24.3 Å². The summed E-state index contributed by atoms with van der Waals surface area (Å²) in [6.45, 7) is 5.18. The highest BCUT2D eigenvalue weighted by Gasteiger charge is 2.55. The number of fused-ring (bicyclic) bond motifs is 1. The third-order valence-electron chi connectivity index (χ3n) is 4.78. The van der Waals surface area contributed by atoms with Crippen LogP contribution in [0, 0.1) is 5.92 Å². The molecule has 0 saturated carbocycles. The second-order valence-electron chi connectivity index (χ2n) is 6.47. The highest BCUT2D eigenvalue weighted by atomic mass is 32.2. The van der Waals surface area contributed by atoms with E-state index in [-0.39, 0.29) is 24.0 Å². The summed E-state index contributed by atoms with van der Waals surface area (Å²) in [4.78, 5) is 12.3. The molecule has 8 heteroatoms. The fourth-order valence-corrected chi connectivity index (χ4v) is 5.08. The molecule has 2 heterocycles. The Hall–Kier alpha value is -1.64. The van der Waals surface area contributed by atoms with Crippen LogP contribution in [0.3, 0.4) is 0 Å². The Morgan fingerprint density at radius 2 is 1.96 bits per heavy atom. The summed E-state index contributed by atoms with van der Waals surface area (Å²) in [5, 5.41) is 0. The van der Waals surface area contributed by atoms with Gasteiger partial charge in [-0.15, -0.1) is 0 Å². The molecule has 26 heavy (non-hydrogen) atoms. The molecule has 0 bridgehead atoms. The van der Waals surface area contributed by atoms with Crippen LogP contribution in [0.15, 0.2) is 29.2 Å². The summed E-state index contributed by atoms with van der Waals surface area (Å²) < 4.78 is 43.8. The molecule has 0 N–H and O–H groups in total. The van der Waals surface area contributed by atoms with Crippen molar-refractivity contribution in [1.82, 2.24) is 4.31 Å². The predicted molar refractivity (Wildman–Crippen MR) is 94.4 cm³/mol. The molecule has 1 aromatic carbocycles. The Balaban J connectivity index is 1.81. The number of hydrogen-bond acceptors (Lipinski definition) is 6. The quantitative estimate of drug-likeness (QED) is 0.503. The van der Waals surface area contributed by atoms with Crippen molar-refractivity contribution in [2.45, 2.75) is 43.7 Å². The zero-order valence-electron chi connectivity index (χ0n) is 15.1. The van der Waals surface area contributed by atoms with Gasteiger partial charge >= 0.3 is 5.97 Å². The second-order valence-corrected chi connectivity index (χ2v) is 8.36. The van der Waals surface area contributed by atoms with Crippen molar-refractivity contribution in [2.24, 2.45) is 5.92 Å². The fraction of sp³-hybridized carbons (Fsp3) is 0.611. The highest BCUT2D eigenvalue weighted by molar-refractivity contribution is 7.89. The standard InChI is InChI=1S/C18H25NO6S/c1-3-5-10-24-16-11-19(15-12-25-18(20)17(15)16)26(21,22)14-8-6-13(7-9-14)23-4-2/h6-9,15-17H,3-5,10-12H2,1-2H3/t15-,16-,17+/m0/s1. The van der Waals surface area contributed by atoms with Crippen molar-refractivity contribution < 1.29 is 27.4 Å². The molecular formula is C18H25NO6S. The molecule has 1 aromatic rings. The van der Waals surface area contributed by atoms with Gasteiger partial charge in [-0.05, 0) is 37.6 Å². The van der Waals surface area contributed by atoms with Gasteiger partial charge in [0, 0.05) is 13.2 Å². The molecule has 7 nitrogen and oxygen atoms in total. The minimum atomic E-state index is -3.75. The largest absolute Gasteiger partial charge is 0.494 e. The molecular weight excluding hydrogens is 358 g/mol. The fourth-order valence-electron chi connectivity index (χ4n) is 3.43. The summed E-state index contributed by atoms with van der Waals surface area (Å²) in [6.07, 6.45) is 1.38. The van der Waals surface area contributed by atoms with E-state index in [9.17, 15) is 13.2 Å². The molecule has 2 saturated heterocycles. The van der Waals surface area contributed by atoms with Gasteiger partial charge in [0.1, 0.15) is 18.3 Å². The first-order valence-electron chi connectivity index (χ1n) is 9.02. The van der Waals surface area contributed by atoms with Crippen LogP contribution in [0.5, 0.6) is 5.75 Å². The van der Waals surface area contributed by atoms with Crippen LogP contribution in [0.2, 0.25) is 0 Å². The highest BCUT2D eigenvalue weighted by Crippen LogP contribution is 2.37. The number of esters is 1. The summed E-state index contributed by atoms with van der Waals surface area (Å²) >= 11 is 0. The molecule has 2 aliphatic rings. The summed E-state index contributed by atoms with van der Waals surface area (Å²) in [5.74, 6) is -0.309. The third kappa shape index (κ3) is 3.58. The van der Waals surface area contributed by atoms with Crippen molar-refractivity contribution in [3.8, 4) is 5.75 Å². The van der Waals surface area contributed by atoms with Gasteiger partial charge in [-0.2, -0.15) is 4.31 Å². The number of cyclic esters (lactones) is 1. The molecule has 0 aromatic heterocycles. The first-order valence-corrected chi connectivity index (χ1v) is 10.5. The number of sulfonamides is 1. The number of nitrogens with zero attached hydrogens (tertiary/aromatic N) is 1. The van der Waals surface area contributed by atoms with Gasteiger partial charge in [0.15, 0.2) is 0 Å². The van der Waals surface area contributed by atoms with Crippen molar-refractivity contribution in [2.75, 3.05) is 26.4 Å². The smallest absolute Gasteiger partial charge is 0.313 e. The van der Waals surface area contributed by atoms with E-state index in [0.29, 0.717) is 19.0 Å². The zero-order valence-corrected chi connectivity index (χ0v) is 15.9. The minimum absolute atomic E-state index is 0.0768. The van der Waals surface area contributed by atoms with E-state index in [1.807, 2.05) is 13.8 Å². The molecule has 144 valence electrons. The summed E-state index contributed by atoms with van der Waals surface area (Å²) in [7, 11) is -3.75. The number of unbranched alkanes of at least 4 members (excludes halogenated alkanes) is 1. The van der Waals surface area contributed by atoms with E-state index in [1.165, 1.54) is 16.4 Å². The molecule has 2 fully saturated rings. The number of benzene rings is 1. The molecule has 0 unspecified atom stereocenters. The topological polar surface area (TPSA) is 82.1 Å². The maximum absolute atomic E-state index is 13.1. The molecule has 0 amide bonds. The van der Waals surface area contributed by atoms with Crippen molar-refractivity contribution in [1.29, 1.82) is 0 Å². The second kappa shape index (κ2) is 7.94. The van der Waals surface area contributed by atoms with Gasteiger partial charge in [0.2, 0.25) is 10.0 Å². The Kier molecular flexibility index (Phi) is 5.84. The number of hydrogen-bond donors (Lipinski definition) is 0. The molecule has 3 atom stereocenters. The molecule has 2 aliphatic heterocycles. The van der Waals surface area contributed by atoms with E-state index in [4.69, 9.17) is 14.2 Å². The van der Waals surface area contributed by atoms with Gasteiger partial charge in [-0.1, -0.05) is 13.3 Å². The lowest BCUT2D eigenvalue weighted by molar-refractivity contribution is -0.144. The minimum Gasteiger partial charge on any atom is -0.494 e. The van der Waals surface area contributed by atoms with Gasteiger partial charge in [0.25, 0.3) is 0 Å². The SMILES string of the molecule is CCCCO[C@H]1CN(S(=O)(=O)c2ccc(OCC)cc2)[C@H]2COC(=O)[C@@H]12. The van der Waals surface area contributed by atoms with Crippen LogP contribution in [0.25, 0.3) is 0 Å². The zero-order chi connectivity index (χ0) is 18.7. The van der Waals surface area contributed by atoms with Crippen LogP contribution >= 0.6 is 0 Å². The average molecular weight is 383 g/mol. The van der Waals surface area contributed by atoms with Crippen LogP contribution in [-0.4, -0.2) is 57.2 Å². The maximum atomic E-state index is 13.1. The summed E-state index contributed by atoms with van der Waals surface area (Å²) in [6, 6.07) is 5.81. The maximum Gasteiger partial charge on any atom is 0.313 e. The lowest BCUT2D eigenvalue weighted by Crippen LogP contribution is -2.38. The first-order chi connectivity index (χ1) is 12.5. The van der Waals surface area contributed by atoms with Crippen LogP contribution in [0.1, 0.15) is 26.7 Å². The van der Waals surface area contributed by atoms with E-state index in [0.717, 1.165) is 12.8 Å². The normalized spacial score (nSPS) is 25.9. The van der Waals surface area contributed by atoms with E-state index >= 15 is 0 Å². The first kappa shape index (κ1) is 19.1. The Labute approximate surface area is 154 Å². The van der Waals surface area contributed by atoms with E-state index in [1.54, 1.807) is 12.1 Å². The van der Waals surface area contributed by atoms with Gasteiger partial charge in [0.05, 0.1) is 23.6 Å². The molecule has 0 spiro atoms. The average Bonchev–Trinajstić information content (AvgIpc) is 3.18. The predicted octanol–water partition coefficient (Wildman–Crippen LogP) is 1.82. The number of rotatable bonds is 8. The molecule has 3 rings (SSSR count). The van der Waals surface area contributed by atoms with E-state index in [2.05, 4.69) is 0 Å². The number of carbonyl (C=O) groups is 1. The lowest BCUT2D eigenvalue weighted by Gasteiger charge is -2.21. The Bertz CT molecular complexity index is 733. The molecule has 0 radical (unpaired) electrons. The van der Waals surface area contributed by atoms with Crippen LogP contribution in [0.4, 0.5) is 0 Å². The Morgan fingerprint density at radius 3 is 2.62 bits per heavy atom. The van der Waals surface area contributed by atoms with Gasteiger partial charge < -0.3 is 14.2 Å². The van der Waals surface area contributed by atoms with Crippen LogP contribution < -0.4 is 4.74 Å². The number of carbonyl (C=O) groups excluding carboxylic acids is 1. The third-order valence-corrected chi connectivity index (χ3v) is 6.69. The van der Waals surface area contributed by atoms with E-state index < -0.39 is 28.1 Å². The summed E-state index contributed by atoms with van der Waals surface area (Å²) in [5.41, 5.74) is 0. The van der Waals surface area contributed by atoms with Crippen molar-refractivity contribution in [3.63, 3.8) is 0 Å². The molecule has 0 aliphatic carbocycles. The van der Waals surface area contributed by atoms with Crippen molar-refractivity contribution in [3.05, 3.63) is 24.3 Å². The monoisotopic (exact) mass is 383 g/mol.